The number of allylic oxidation sites excluding steroid dienone is 7. The van der Waals surface area contributed by atoms with Crippen molar-refractivity contribution in [2.24, 2.45) is 5.92 Å². The molecule has 0 radical (unpaired) electrons. The van der Waals surface area contributed by atoms with Crippen LogP contribution < -0.4 is 5.32 Å². The van der Waals surface area contributed by atoms with Gasteiger partial charge in [-0.2, -0.15) is 5.26 Å². The number of rotatable bonds is 8. The highest BCUT2D eigenvalue weighted by atomic mass is 19.1. The maximum absolute atomic E-state index is 14.5. The number of hydrogen-bond donors (Lipinski definition) is 1. The Hall–Kier alpha value is -3.75. The summed E-state index contributed by atoms with van der Waals surface area (Å²) in [6.07, 6.45) is 15.7. The first-order valence-corrected chi connectivity index (χ1v) is 15.1. The molecule has 2 fully saturated rings. The standard InChI is InChI=1S/C30H31FN2O2.C7H14/c1-5-6-28(22(4)20(2)15-21(3)27-9-7-23(19-34)16-29(27)31)24-8-10-30(25(17-24)18-32)33-26-11-13-35-14-12-26;1-7-5-3-2-4-6-7/h5-10,15-17,19,26,33H,2,11-14H2,1,3-4H3;7H,2-6H2,1H3/b6-5-,21-15+,28-22+;. The van der Waals surface area contributed by atoms with Crippen molar-refractivity contribution < 1.29 is 13.9 Å². The van der Waals surface area contributed by atoms with Gasteiger partial charge in [0.15, 0.2) is 0 Å². The van der Waals surface area contributed by atoms with Gasteiger partial charge in [0.25, 0.3) is 0 Å². The number of nitrogens with zero attached hydrogens (tertiary/aromatic N) is 1. The molecule has 42 heavy (non-hydrogen) atoms. The number of nitrogens with one attached hydrogen (secondary N) is 1. The van der Waals surface area contributed by atoms with E-state index in [1.165, 1.54) is 38.2 Å². The van der Waals surface area contributed by atoms with Gasteiger partial charge in [0.2, 0.25) is 0 Å². The van der Waals surface area contributed by atoms with Gasteiger partial charge in [0.05, 0.1) is 11.3 Å². The Morgan fingerprint density at radius 2 is 1.79 bits per heavy atom. The van der Waals surface area contributed by atoms with Crippen LogP contribution in [0.5, 0.6) is 0 Å². The van der Waals surface area contributed by atoms with Crippen LogP contribution in [0, 0.1) is 23.1 Å². The van der Waals surface area contributed by atoms with E-state index < -0.39 is 5.82 Å². The molecule has 0 spiro atoms. The summed E-state index contributed by atoms with van der Waals surface area (Å²) in [6.45, 7) is 13.7. The van der Waals surface area contributed by atoms with Gasteiger partial charge >= 0.3 is 0 Å². The summed E-state index contributed by atoms with van der Waals surface area (Å²) >= 11 is 0. The van der Waals surface area contributed by atoms with Crippen molar-refractivity contribution in [2.45, 2.75) is 78.7 Å². The Bertz CT molecular complexity index is 1370. The lowest BCUT2D eigenvalue weighted by Crippen LogP contribution is -2.28. The largest absolute Gasteiger partial charge is 0.381 e. The number of ether oxygens (including phenoxy) is 1. The van der Waals surface area contributed by atoms with Crippen LogP contribution in [0.2, 0.25) is 0 Å². The lowest BCUT2D eigenvalue weighted by atomic mass is 9.91. The molecule has 1 aliphatic carbocycles. The van der Waals surface area contributed by atoms with E-state index in [0.717, 1.165) is 59.9 Å². The van der Waals surface area contributed by atoms with E-state index in [4.69, 9.17) is 4.74 Å². The zero-order chi connectivity index (χ0) is 30.5. The van der Waals surface area contributed by atoms with Crippen LogP contribution in [0.15, 0.2) is 72.4 Å². The van der Waals surface area contributed by atoms with Gasteiger partial charge < -0.3 is 10.1 Å². The molecule has 2 aliphatic rings. The van der Waals surface area contributed by atoms with Crippen LogP contribution in [0.25, 0.3) is 11.1 Å². The Kier molecular flexibility index (Phi) is 13.0. The summed E-state index contributed by atoms with van der Waals surface area (Å²) < 4.78 is 19.9. The highest BCUT2D eigenvalue weighted by Gasteiger charge is 2.16. The summed E-state index contributed by atoms with van der Waals surface area (Å²) in [7, 11) is 0. The van der Waals surface area contributed by atoms with E-state index in [0.29, 0.717) is 34.6 Å². The predicted molar refractivity (Wildman–Crippen MR) is 173 cm³/mol. The Morgan fingerprint density at radius 3 is 2.36 bits per heavy atom. The Balaban J connectivity index is 0.000000603. The van der Waals surface area contributed by atoms with Gasteiger partial charge in [-0.25, -0.2) is 4.39 Å². The van der Waals surface area contributed by atoms with Crippen molar-refractivity contribution in [1.29, 1.82) is 5.26 Å². The summed E-state index contributed by atoms with van der Waals surface area (Å²) in [6, 6.07) is 12.9. The van der Waals surface area contributed by atoms with Crippen molar-refractivity contribution in [1.82, 2.24) is 0 Å². The average Bonchev–Trinajstić information content (AvgIpc) is 3.00. The molecule has 222 valence electrons. The number of anilines is 1. The number of benzene rings is 2. The molecule has 4 nitrogen and oxygen atoms in total. The zero-order valence-corrected chi connectivity index (χ0v) is 25.6. The van der Waals surface area contributed by atoms with Gasteiger partial charge in [-0.3, -0.25) is 4.79 Å². The zero-order valence-electron chi connectivity index (χ0n) is 25.6. The second-order valence-electron chi connectivity index (χ2n) is 11.4. The summed E-state index contributed by atoms with van der Waals surface area (Å²) in [5.41, 5.74) is 6.33. The molecule has 1 heterocycles. The molecule has 1 saturated heterocycles. The minimum atomic E-state index is -0.447. The van der Waals surface area contributed by atoms with Crippen LogP contribution in [-0.2, 0) is 4.74 Å². The first kappa shape index (κ1) is 32.8. The fourth-order valence-electron chi connectivity index (χ4n) is 5.45. The van der Waals surface area contributed by atoms with E-state index in [1.54, 1.807) is 12.1 Å². The molecule has 0 aromatic heterocycles. The summed E-state index contributed by atoms with van der Waals surface area (Å²) in [5, 5.41) is 13.3. The van der Waals surface area contributed by atoms with Gasteiger partial charge in [-0.1, -0.05) is 82.0 Å². The molecule has 0 bridgehead atoms. The van der Waals surface area contributed by atoms with Crippen molar-refractivity contribution in [3.63, 3.8) is 0 Å². The normalized spacial score (nSPS) is 17.1. The number of aldehydes is 1. The average molecular weight is 569 g/mol. The first-order valence-electron chi connectivity index (χ1n) is 15.1. The maximum Gasteiger partial charge on any atom is 0.150 e. The van der Waals surface area contributed by atoms with Crippen molar-refractivity contribution in [2.75, 3.05) is 18.5 Å². The van der Waals surface area contributed by atoms with Gasteiger partial charge in [0, 0.05) is 30.4 Å². The minimum Gasteiger partial charge on any atom is -0.381 e. The molecular formula is C37H45FN2O2. The lowest BCUT2D eigenvalue weighted by molar-refractivity contribution is 0.0904. The van der Waals surface area contributed by atoms with Crippen molar-refractivity contribution >= 4 is 23.1 Å². The lowest BCUT2D eigenvalue weighted by Gasteiger charge is -2.24. The maximum atomic E-state index is 14.5. The quantitative estimate of drug-likeness (QED) is 0.254. The van der Waals surface area contributed by atoms with Gasteiger partial charge in [0.1, 0.15) is 18.2 Å². The van der Waals surface area contributed by atoms with Gasteiger partial charge in [-0.15, -0.1) is 0 Å². The molecule has 1 aliphatic heterocycles. The summed E-state index contributed by atoms with van der Waals surface area (Å²) in [4.78, 5) is 10.9. The fourth-order valence-corrected chi connectivity index (χ4v) is 5.45. The van der Waals surface area contributed by atoms with Crippen LogP contribution in [0.4, 0.5) is 10.1 Å². The van der Waals surface area contributed by atoms with E-state index in [9.17, 15) is 14.4 Å². The van der Waals surface area contributed by atoms with E-state index >= 15 is 0 Å². The molecule has 4 rings (SSSR count). The van der Waals surface area contributed by atoms with Crippen LogP contribution in [0.3, 0.4) is 0 Å². The fraction of sp³-hybridized carbons (Fsp3) is 0.405. The smallest absolute Gasteiger partial charge is 0.150 e. The topological polar surface area (TPSA) is 62.1 Å². The van der Waals surface area contributed by atoms with Crippen LogP contribution in [0.1, 0.15) is 99.7 Å². The Labute approximate surface area is 251 Å². The number of carbonyl (C=O) groups is 1. The van der Waals surface area contributed by atoms with Crippen LogP contribution in [-0.4, -0.2) is 25.5 Å². The second kappa shape index (κ2) is 16.6. The highest BCUT2D eigenvalue weighted by molar-refractivity contribution is 5.83. The number of halogens is 1. The first-order chi connectivity index (χ1) is 20.3. The SMILES string of the molecule is C=C(/C=C(\C)c1ccc(C=O)cc1F)/C(C)=C(\C=C/C)c1ccc(NC2CCOCC2)c(C#N)c1.CC1CCCCC1. The van der Waals surface area contributed by atoms with E-state index in [2.05, 4.69) is 24.9 Å². The highest BCUT2D eigenvalue weighted by Crippen LogP contribution is 2.31. The number of nitriles is 1. The molecule has 0 atom stereocenters. The second-order valence-corrected chi connectivity index (χ2v) is 11.4. The van der Waals surface area contributed by atoms with Crippen molar-refractivity contribution in [3.8, 4) is 6.07 Å². The van der Waals surface area contributed by atoms with E-state index in [-0.39, 0.29) is 0 Å². The third kappa shape index (κ3) is 9.39. The molecule has 0 amide bonds. The molecule has 2 aromatic carbocycles. The number of hydrogen-bond acceptors (Lipinski definition) is 4. The third-order valence-electron chi connectivity index (χ3n) is 8.09. The minimum absolute atomic E-state index is 0.294. The molecule has 1 N–H and O–H groups in total. The Morgan fingerprint density at radius 1 is 1.07 bits per heavy atom. The van der Waals surface area contributed by atoms with Gasteiger partial charge in [-0.05, 0) is 85.6 Å². The molecular weight excluding hydrogens is 523 g/mol. The summed E-state index contributed by atoms with van der Waals surface area (Å²) in [5.74, 6) is 0.589. The molecule has 2 aromatic rings. The number of carbonyl (C=O) groups excluding carboxylic acids is 1. The monoisotopic (exact) mass is 568 g/mol. The van der Waals surface area contributed by atoms with Crippen molar-refractivity contribution in [3.05, 3.63) is 100 Å². The molecule has 5 heteroatoms. The predicted octanol–water partition coefficient (Wildman–Crippen LogP) is 9.70. The van der Waals surface area contributed by atoms with Crippen LogP contribution >= 0.6 is 0 Å². The molecule has 1 saturated carbocycles. The van der Waals surface area contributed by atoms with E-state index in [1.807, 2.05) is 57.2 Å². The molecule has 0 unspecified atom stereocenters. The third-order valence-corrected chi connectivity index (χ3v) is 8.09.